The van der Waals surface area contributed by atoms with Crippen molar-refractivity contribution < 1.29 is 13.5 Å². The minimum atomic E-state index is -4.16. The number of nitrogens with two attached hydrogens (primary N) is 2. The molecule has 1 aliphatic rings. The van der Waals surface area contributed by atoms with Crippen molar-refractivity contribution >= 4 is 21.6 Å². The van der Waals surface area contributed by atoms with Crippen LogP contribution in [-0.4, -0.2) is 47.4 Å². The van der Waals surface area contributed by atoms with Crippen molar-refractivity contribution in [3.05, 3.63) is 47.7 Å². The van der Waals surface area contributed by atoms with Gasteiger partial charge in [-0.05, 0) is 30.2 Å². The van der Waals surface area contributed by atoms with Crippen molar-refractivity contribution in [2.24, 2.45) is 15.9 Å². The zero-order valence-corrected chi connectivity index (χ0v) is 15.7. The lowest BCUT2D eigenvalue weighted by atomic mass is 9.94. The Morgan fingerprint density at radius 3 is 2.75 bits per heavy atom. The SMILES string of the molecule is Cc1cc(C2=CN=C(N)CN2n2cncn2)c(S(N)(=O)=O)cc1C(C#N)CO. The van der Waals surface area contributed by atoms with E-state index in [0.717, 1.165) is 0 Å². The number of nitrogens with zero attached hydrogens (tertiary/aromatic N) is 6. The molecule has 1 aromatic heterocycles. The quantitative estimate of drug-likeness (QED) is 0.578. The Bertz CT molecular complexity index is 1100. The lowest BCUT2D eigenvalue weighted by Gasteiger charge is -2.29. The summed E-state index contributed by atoms with van der Waals surface area (Å²) in [5.41, 5.74) is 7.47. The Morgan fingerprint density at radius 2 is 2.18 bits per heavy atom. The van der Waals surface area contributed by atoms with Gasteiger partial charge in [0.05, 0.1) is 41.9 Å². The maximum atomic E-state index is 12.3. The van der Waals surface area contributed by atoms with Gasteiger partial charge in [-0.2, -0.15) is 10.1 Å². The molecule has 11 nitrogen and oxygen atoms in total. The van der Waals surface area contributed by atoms with Gasteiger partial charge in [0, 0.05) is 5.56 Å². The highest BCUT2D eigenvalue weighted by atomic mass is 32.2. The Balaban J connectivity index is 2.25. The molecule has 1 atom stereocenters. The van der Waals surface area contributed by atoms with Gasteiger partial charge in [0.25, 0.3) is 0 Å². The fourth-order valence-electron chi connectivity index (χ4n) is 2.93. The Morgan fingerprint density at radius 1 is 1.43 bits per heavy atom. The first kappa shape index (κ1) is 19.5. The van der Waals surface area contributed by atoms with Crippen molar-refractivity contribution in [2.75, 3.05) is 18.2 Å². The number of rotatable bonds is 5. The average Bonchev–Trinajstić information content (AvgIpc) is 3.17. The van der Waals surface area contributed by atoms with Crippen LogP contribution < -0.4 is 15.9 Å². The maximum absolute atomic E-state index is 12.3. The van der Waals surface area contributed by atoms with Crippen LogP contribution >= 0.6 is 0 Å². The molecular weight excluding hydrogens is 384 g/mol. The number of aliphatic hydroxyl groups excluding tert-OH is 1. The minimum absolute atomic E-state index is 0.150. The molecule has 28 heavy (non-hydrogen) atoms. The molecule has 1 aromatic carbocycles. The van der Waals surface area contributed by atoms with Crippen molar-refractivity contribution in [1.29, 1.82) is 5.26 Å². The molecule has 0 aliphatic carbocycles. The first-order valence-corrected chi connectivity index (χ1v) is 9.63. The van der Waals surface area contributed by atoms with Crippen LogP contribution in [0.4, 0.5) is 0 Å². The van der Waals surface area contributed by atoms with Crippen LogP contribution in [0, 0.1) is 18.3 Å². The highest BCUT2D eigenvalue weighted by molar-refractivity contribution is 7.89. The van der Waals surface area contributed by atoms with Crippen LogP contribution in [0.5, 0.6) is 0 Å². The number of aromatic nitrogens is 3. The highest BCUT2D eigenvalue weighted by Crippen LogP contribution is 2.32. The fourth-order valence-corrected chi connectivity index (χ4v) is 3.69. The van der Waals surface area contributed by atoms with E-state index in [-0.39, 0.29) is 17.0 Å². The largest absolute Gasteiger partial charge is 0.395 e. The van der Waals surface area contributed by atoms with E-state index >= 15 is 0 Å². The number of aliphatic hydroxyl groups is 1. The summed E-state index contributed by atoms with van der Waals surface area (Å²) < 4.78 is 24.6. The zero-order chi connectivity index (χ0) is 20.5. The number of hydrogen-bond donors (Lipinski definition) is 3. The molecule has 0 radical (unpaired) electrons. The van der Waals surface area contributed by atoms with Crippen LogP contribution in [0.3, 0.4) is 0 Å². The summed E-state index contributed by atoms with van der Waals surface area (Å²) >= 11 is 0. The number of amidine groups is 1. The standard InChI is InChI=1S/C16H18N8O3S/c1-10-2-13(15(28(19,26)27)3-12(10)11(4-17)7-25)14-5-21-16(18)6-23(14)24-9-20-8-22-24/h2-3,5,8-9,11,25H,6-7H2,1H3,(H2,18,21)(H2,19,26,27). The molecule has 0 saturated heterocycles. The third-order valence-electron chi connectivity index (χ3n) is 4.26. The number of nitriles is 1. The molecular formula is C16H18N8O3S. The van der Waals surface area contributed by atoms with Crippen LogP contribution in [0.1, 0.15) is 22.6 Å². The van der Waals surface area contributed by atoms with E-state index in [1.165, 1.54) is 29.7 Å². The van der Waals surface area contributed by atoms with E-state index in [0.29, 0.717) is 22.7 Å². The molecule has 3 rings (SSSR count). The molecule has 2 aromatic rings. The number of primary sulfonamides is 1. The van der Waals surface area contributed by atoms with E-state index in [4.69, 9.17) is 10.9 Å². The van der Waals surface area contributed by atoms with Gasteiger partial charge in [0.1, 0.15) is 18.5 Å². The van der Waals surface area contributed by atoms with E-state index in [9.17, 15) is 18.8 Å². The van der Waals surface area contributed by atoms with Crippen LogP contribution in [0.15, 0.2) is 40.9 Å². The van der Waals surface area contributed by atoms with Gasteiger partial charge in [-0.1, -0.05) is 0 Å². The van der Waals surface area contributed by atoms with Crippen molar-refractivity contribution in [3.8, 4) is 6.07 Å². The predicted octanol–water partition coefficient (Wildman–Crippen LogP) is -0.859. The number of aryl methyl sites for hydroxylation is 1. The van der Waals surface area contributed by atoms with E-state index in [1.807, 2.05) is 6.07 Å². The lowest BCUT2D eigenvalue weighted by Crippen LogP contribution is -2.42. The second-order valence-electron chi connectivity index (χ2n) is 6.12. The molecule has 146 valence electrons. The lowest BCUT2D eigenvalue weighted by molar-refractivity contribution is 0.285. The van der Waals surface area contributed by atoms with Gasteiger partial charge in [-0.25, -0.2) is 23.5 Å². The van der Waals surface area contributed by atoms with Gasteiger partial charge in [-0.15, -0.1) is 5.10 Å². The maximum Gasteiger partial charge on any atom is 0.238 e. The molecule has 12 heteroatoms. The summed E-state index contributed by atoms with van der Waals surface area (Å²) in [4.78, 5) is 9.18. The van der Waals surface area contributed by atoms with Crippen LogP contribution in [0.25, 0.3) is 5.70 Å². The van der Waals surface area contributed by atoms with Gasteiger partial charge >= 0.3 is 0 Å². The normalized spacial score (nSPS) is 15.6. The van der Waals surface area contributed by atoms with E-state index < -0.39 is 22.5 Å². The predicted molar refractivity (Wildman–Crippen MR) is 101 cm³/mol. The Hall–Kier alpha value is -3.27. The van der Waals surface area contributed by atoms with Crippen molar-refractivity contribution in [1.82, 2.24) is 14.9 Å². The zero-order valence-electron chi connectivity index (χ0n) is 14.9. The van der Waals surface area contributed by atoms with Gasteiger partial charge < -0.3 is 10.8 Å². The summed E-state index contributed by atoms with van der Waals surface area (Å²) in [6.45, 7) is 1.42. The highest BCUT2D eigenvalue weighted by Gasteiger charge is 2.27. The number of hydrogen-bond acceptors (Lipinski definition) is 9. The molecule has 0 bridgehead atoms. The molecule has 1 aliphatic heterocycles. The fraction of sp³-hybridized carbons (Fsp3) is 0.250. The van der Waals surface area contributed by atoms with Gasteiger partial charge in [-0.3, -0.25) is 5.01 Å². The van der Waals surface area contributed by atoms with Crippen LogP contribution in [0.2, 0.25) is 0 Å². The van der Waals surface area contributed by atoms with E-state index in [1.54, 1.807) is 18.0 Å². The van der Waals surface area contributed by atoms with Crippen molar-refractivity contribution in [2.45, 2.75) is 17.7 Å². The van der Waals surface area contributed by atoms with Gasteiger partial charge in [0.15, 0.2) is 0 Å². The summed E-state index contributed by atoms with van der Waals surface area (Å²) in [7, 11) is -4.16. The summed E-state index contributed by atoms with van der Waals surface area (Å²) in [5, 5.41) is 29.8. The topological polar surface area (TPSA) is 177 Å². The number of sulfonamides is 1. The molecule has 5 N–H and O–H groups in total. The monoisotopic (exact) mass is 402 g/mol. The molecule has 0 amide bonds. The summed E-state index contributed by atoms with van der Waals surface area (Å²) in [6.07, 6.45) is 4.17. The Labute approximate surface area is 161 Å². The second kappa shape index (κ2) is 7.39. The first-order valence-electron chi connectivity index (χ1n) is 8.09. The second-order valence-corrected chi connectivity index (χ2v) is 7.65. The third kappa shape index (κ3) is 3.58. The summed E-state index contributed by atoms with van der Waals surface area (Å²) in [5.74, 6) is -0.579. The van der Waals surface area contributed by atoms with E-state index in [2.05, 4.69) is 15.1 Å². The first-order chi connectivity index (χ1) is 13.3. The summed E-state index contributed by atoms with van der Waals surface area (Å²) in [6, 6.07) is 4.85. The molecule has 0 fully saturated rings. The average molecular weight is 402 g/mol. The Kier molecular flexibility index (Phi) is 5.14. The molecule has 2 heterocycles. The molecule has 1 unspecified atom stereocenters. The molecule has 0 spiro atoms. The number of aliphatic imine (C=N–C) groups is 1. The van der Waals surface area contributed by atoms with Gasteiger partial charge in [0.2, 0.25) is 10.0 Å². The smallest absolute Gasteiger partial charge is 0.238 e. The third-order valence-corrected chi connectivity index (χ3v) is 5.21. The van der Waals surface area contributed by atoms with Crippen molar-refractivity contribution in [3.63, 3.8) is 0 Å². The van der Waals surface area contributed by atoms with Crippen LogP contribution in [-0.2, 0) is 10.0 Å². The number of benzene rings is 1. The minimum Gasteiger partial charge on any atom is -0.395 e. The molecule has 0 saturated carbocycles.